The van der Waals surface area contributed by atoms with Crippen molar-refractivity contribution in [1.82, 2.24) is 25.7 Å². The first-order valence-electron chi connectivity index (χ1n) is 11.7. The number of nitrogens with zero attached hydrogens (tertiary/aromatic N) is 3. The van der Waals surface area contributed by atoms with Crippen molar-refractivity contribution in [3.8, 4) is 0 Å². The van der Waals surface area contributed by atoms with Gasteiger partial charge in [-0.25, -0.2) is 9.59 Å². The number of carbonyl (C=O) groups excluding carboxylic acids is 4. The second-order valence-electron chi connectivity index (χ2n) is 9.61. The highest BCUT2D eigenvalue weighted by Crippen LogP contribution is 2.44. The maximum Gasteiger partial charge on any atom is 0.408 e. The summed E-state index contributed by atoms with van der Waals surface area (Å²) in [4.78, 5) is 63.5. The molecule has 39 heavy (non-hydrogen) atoms. The maximum atomic E-state index is 13.3. The SMILES string of the molecule is CC(=O)Nc1nnc(C2=C(C(=O)O)N3C(=O)C(NC(=O)C(NC(=O)OC(C)(C)C)c4ccccc4)[C@@H]3SC2)s1. The van der Waals surface area contributed by atoms with Gasteiger partial charge < -0.3 is 25.8 Å². The van der Waals surface area contributed by atoms with Crippen LogP contribution in [0.25, 0.3) is 5.57 Å². The number of hydrogen-bond donors (Lipinski definition) is 4. The van der Waals surface area contributed by atoms with Crippen LogP contribution in [0.2, 0.25) is 0 Å². The number of carboxylic acids is 1. The summed E-state index contributed by atoms with van der Waals surface area (Å²) in [7, 11) is 0. The number of carboxylic acid groups (broad SMARTS) is 1. The average Bonchev–Trinajstić information content (AvgIpc) is 3.31. The Morgan fingerprint density at radius 1 is 1.15 bits per heavy atom. The molecule has 0 radical (unpaired) electrons. The largest absolute Gasteiger partial charge is 0.477 e. The first-order chi connectivity index (χ1) is 18.4. The van der Waals surface area contributed by atoms with Crippen LogP contribution in [-0.2, 0) is 23.9 Å². The predicted octanol–water partition coefficient (Wildman–Crippen LogP) is 1.96. The van der Waals surface area contributed by atoms with Crippen LogP contribution in [0.5, 0.6) is 0 Å². The number of carbonyl (C=O) groups is 5. The zero-order valence-corrected chi connectivity index (χ0v) is 23.0. The molecular formula is C24H26N6O7S2. The van der Waals surface area contributed by atoms with Gasteiger partial charge >= 0.3 is 12.1 Å². The molecule has 1 fully saturated rings. The molecule has 13 nitrogen and oxygen atoms in total. The highest BCUT2D eigenvalue weighted by Gasteiger charge is 2.55. The summed E-state index contributed by atoms with van der Waals surface area (Å²) in [5.74, 6) is -2.78. The third-order valence-electron chi connectivity index (χ3n) is 5.49. The molecule has 0 saturated carbocycles. The summed E-state index contributed by atoms with van der Waals surface area (Å²) in [5, 5.41) is 25.2. The van der Waals surface area contributed by atoms with Crippen LogP contribution in [0.1, 0.15) is 44.3 Å². The van der Waals surface area contributed by atoms with E-state index in [-0.39, 0.29) is 33.1 Å². The molecule has 2 aliphatic rings. The number of fused-ring (bicyclic) bond motifs is 1. The van der Waals surface area contributed by atoms with Gasteiger partial charge in [0.25, 0.3) is 5.91 Å². The lowest BCUT2D eigenvalue weighted by molar-refractivity contribution is -0.150. The van der Waals surface area contributed by atoms with Crippen LogP contribution in [0.4, 0.5) is 9.93 Å². The topological polar surface area (TPSA) is 180 Å². The van der Waals surface area contributed by atoms with E-state index in [1.807, 2.05) is 0 Å². The molecule has 2 aromatic rings. The summed E-state index contributed by atoms with van der Waals surface area (Å²) in [6.07, 6.45) is -0.809. The lowest BCUT2D eigenvalue weighted by Gasteiger charge is -2.49. The van der Waals surface area contributed by atoms with Crippen molar-refractivity contribution in [2.45, 2.75) is 50.8 Å². The van der Waals surface area contributed by atoms with Gasteiger partial charge in [0, 0.05) is 18.2 Å². The Morgan fingerprint density at radius 2 is 1.85 bits per heavy atom. The maximum absolute atomic E-state index is 13.3. The van der Waals surface area contributed by atoms with E-state index in [0.717, 1.165) is 16.2 Å². The average molecular weight is 575 g/mol. The molecule has 206 valence electrons. The Labute approximate surface area is 231 Å². The number of rotatable bonds is 7. The van der Waals surface area contributed by atoms with Crippen LogP contribution in [0.15, 0.2) is 36.0 Å². The number of thioether (sulfide) groups is 1. The number of β-lactam (4-membered cyclic amide) rings is 1. The predicted molar refractivity (Wildman–Crippen MR) is 142 cm³/mol. The summed E-state index contributed by atoms with van der Waals surface area (Å²) in [6.45, 7) is 6.38. The zero-order valence-electron chi connectivity index (χ0n) is 21.4. The molecule has 4 amide bonds. The first-order valence-corrected chi connectivity index (χ1v) is 13.6. The van der Waals surface area contributed by atoms with Gasteiger partial charge in [0.05, 0.1) is 0 Å². The van der Waals surface area contributed by atoms with E-state index in [1.165, 1.54) is 18.7 Å². The van der Waals surface area contributed by atoms with Gasteiger partial charge in [0.1, 0.15) is 33.8 Å². The van der Waals surface area contributed by atoms with Gasteiger partial charge in [-0.05, 0) is 26.3 Å². The van der Waals surface area contributed by atoms with E-state index < -0.39 is 46.9 Å². The second-order valence-corrected chi connectivity index (χ2v) is 11.7. The number of aliphatic carboxylic acids is 1. The van der Waals surface area contributed by atoms with Gasteiger partial charge in [-0.1, -0.05) is 41.7 Å². The smallest absolute Gasteiger partial charge is 0.408 e. The van der Waals surface area contributed by atoms with Crippen molar-refractivity contribution in [2.75, 3.05) is 11.1 Å². The summed E-state index contributed by atoms with van der Waals surface area (Å²) in [5.41, 5.74) is -0.297. The van der Waals surface area contributed by atoms with Gasteiger partial charge in [0.15, 0.2) is 0 Å². The number of ether oxygens (including phenoxy) is 1. The highest BCUT2D eigenvalue weighted by molar-refractivity contribution is 8.00. The monoisotopic (exact) mass is 574 g/mol. The van der Waals surface area contributed by atoms with E-state index in [0.29, 0.717) is 5.56 Å². The first kappa shape index (κ1) is 28.0. The molecule has 1 aromatic carbocycles. The minimum Gasteiger partial charge on any atom is -0.477 e. The molecule has 3 heterocycles. The Kier molecular flexibility index (Phi) is 7.92. The molecule has 0 aliphatic carbocycles. The molecule has 2 aliphatic heterocycles. The fraction of sp³-hybridized carbons (Fsp3) is 0.375. The fourth-order valence-electron chi connectivity index (χ4n) is 3.94. The lowest BCUT2D eigenvalue weighted by Crippen LogP contribution is -2.71. The molecule has 0 bridgehead atoms. The lowest BCUT2D eigenvalue weighted by atomic mass is 10.0. The van der Waals surface area contributed by atoms with E-state index in [1.54, 1.807) is 51.1 Å². The van der Waals surface area contributed by atoms with Crippen LogP contribution < -0.4 is 16.0 Å². The Balaban J connectivity index is 1.54. The zero-order chi connectivity index (χ0) is 28.5. The number of benzene rings is 1. The number of nitrogens with one attached hydrogen (secondary N) is 3. The van der Waals surface area contributed by atoms with Crippen LogP contribution in [0, 0.1) is 0 Å². The van der Waals surface area contributed by atoms with Crippen molar-refractivity contribution in [2.24, 2.45) is 0 Å². The molecule has 1 aromatic heterocycles. The van der Waals surface area contributed by atoms with Crippen molar-refractivity contribution in [1.29, 1.82) is 0 Å². The molecule has 4 N–H and O–H groups in total. The second kappa shape index (κ2) is 11.0. The van der Waals surface area contributed by atoms with Crippen molar-refractivity contribution in [3.63, 3.8) is 0 Å². The van der Waals surface area contributed by atoms with E-state index in [4.69, 9.17) is 4.74 Å². The number of alkyl carbamates (subject to hydrolysis) is 1. The van der Waals surface area contributed by atoms with Crippen LogP contribution in [0.3, 0.4) is 0 Å². The number of amides is 4. The van der Waals surface area contributed by atoms with Gasteiger partial charge in [0.2, 0.25) is 16.9 Å². The van der Waals surface area contributed by atoms with E-state index in [2.05, 4.69) is 26.1 Å². The Hall–Kier alpha value is -3.98. The van der Waals surface area contributed by atoms with Gasteiger partial charge in [-0.3, -0.25) is 19.3 Å². The molecule has 1 saturated heterocycles. The normalized spacial score (nSPS) is 19.4. The van der Waals surface area contributed by atoms with Crippen molar-refractivity contribution < 1.29 is 33.8 Å². The Morgan fingerprint density at radius 3 is 2.46 bits per heavy atom. The number of aromatic nitrogens is 2. The molecule has 4 rings (SSSR count). The molecule has 2 unspecified atom stereocenters. The quantitative estimate of drug-likeness (QED) is 0.357. The number of anilines is 1. The standard InChI is InChI=1S/C24H26N6O7S2/c1-11(31)25-22-29-28-18(39-22)13-10-38-20-15(19(33)30(20)16(13)21(34)35)26-17(32)14(12-8-6-5-7-9-12)27-23(36)37-24(2,3)4/h5-9,14-15,20H,10H2,1-4H3,(H,26,32)(H,27,36)(H,34,35)(H,25,29,31)/t14?,15?,20-/m0/s1. The summed E-state index contributed by atoms with van der Waals surface area (Å²) >= 11 is 2.24. The van der Waals surface area contributed by atoms with Crippen LogP contribution >= 0.6 is 23.1 Å². The van der Waals surface area contributed by atoms with Crippen molar-refractivity contribution in [3.05, 3.63) is 46.6 Å². The summed E-state index contributed by atoms with van der Waals surface area (Å²) in [6, 6.07) is 6.30. The molecule has 0 spiro atoms. The Bertz CT molecular complexity index is 1350. The minimum absolute atomic E-state index is 0.176. The van der Waals surface area contributed by atoms with E-state index in [9.17, 15) is 29.1 Å². The fourth-order valence-corrected chi connectivity index (χ4v) is 6.21. The minimum atomic E-state index is -1.33. The van der Waals surface area contributed by atoms with Crippen molar-refractivity contribution >= 4 is 63.6 Å². The molecular weight excluding hydrogens is 548 g/mol. The van der Waals surface area contributed by atoms with E-state index >= 15 is 0 Å². The third kappa shape index (κ3) is 6.20. The number of hydrogen-bond acceptors (Lipinski definition) is 10. The molecule has 15 heteroatoms. The van der Waals surface area contributed by atoms with Crippen LogP contribution in [-0.4, -0.2) is 72.8 Å². The van der Waals surface area contributed by atoms with Gasteiger partial charge in [-0.2, -0.15) is 0 Å². The highest BCUT2D eigenvalue weighted by atomic mass is 32.2. The molecule has 3 atom stereocenters. The van der Waals surface area contributed by atoms with Gasteiger partial charge in [-0.15, -0.1) is 22.0 Å². The third-order valence-corrected chi connectivity index (χ3v) is 7.67. The summed E-state index contributed by atoms with van der Waals surface area (Å²) < 4.78 is 5.30.